The number of nitrogens with zero attached hydrogens (tertiary/aromatic N) is 1. The molecule has 2 N–H and O–H groups in total. The van der Waals surface area contributed by atoms with Crippen molar-refractivity contribution in [2.45, 2.75) is 26.2 Å². The molecule has 0 aliphatic carbocycles. The van der Waals surface area contributed by atoms with Gasteiger partial charge in [-0.15, -0.1) is 0 Å². The molecular weight excluding hydrogens is 506 g/mol. The van der Waals surface area contributed by atoms with Crippen molar-refractivity contribution in [3.05, 3.63) is 88.6 Å². The fourth-order valence-electron chi connectivity index (χ4n) is 3.99. The number of carbonyl (C=O) groups excluding carboxylic acids is 3. The molecule has 0 spiro atoms. The lowest BCUT2D eigenvalue weighted by Crippen LogP contribution is -2.32. The molecule has 0 unspecified atom stereocenters. The molecule has 0 saturated heterocycles. The van der Waals surface area contributed by atoms with Crippen molar-refractivity contribution in [3.63, 3.8) is 0 Å². The smallest absolute Gasteiger partial charge is 0.283 e. The molecule has 3 aromatic rings. The van der Waals surface area contributed by atoms with Crippen LogP contribution >= 0.6 is 11.6 Å². The van der Waals surface area contributed by atoms with Crippen LogP contribution in [0.25, 0.3) is 0 Å². The Kier molecular flexibility index (Phi) is 8.33. The largest absolute Gasteiger partial charge is 0.497 e. The zero-order chi connectivity index (χ0) is 27.2. The monoisotopic (exact) mass is 533 g/mol. The van der Waals surface area contributed by atoms with Gasteiger partial charge in [0, 0.05) is 23.0 Å². The number of aryl methyl sites for hydroxylation is 1. The summed E-state index contributed by atoms with van der Waals surface area (Å²) in [7, 11) is 2.91. The van der Waals surface area contributed by atoms with Gasteiger partial charge in [-0.2, -0.15) is 0 Å². The number of hydrogen-bond acceptors (Lipinski definition) is 6. The summed E-state index contributed by atoms with van der Waals surface area (Å²) in [6.45, 7) is 2.15. The van der Waals surface area contributed by atoms with E-state index in [4.69, 9.17) is 21.1 Å². The maximum absolute atomic E-state index is 13.2. The maximum Gasteiger partial charge on any atom is 0.283 e. The van der Waals surface area contributed by atoms with Crippen LogP contribution in [0.3, 0.4) is 0 Å². The van der Waals surface area contributed by atoms with Gasteiger partial charge in [-0.25, -0.2) is 4.90 Å². The Morgan fingerprint density at radius 2 is 1.58 bits per heavy atom. The molecule has 38 heavy (non-hydrogen) atoms. The standard InChI is InChI=1S/C29H28ClN3O5/c1-4-5-6-18-7-11-21(12-8-18)32-27(34)19-9-13-20(14-10-19)31-26-25(30)28(35)33(29(26)36)23-17-22(37-2)15-16-24(23)38-3/h7-17,31H,4-6H2,1-3H3,(H,32,34). The average Bonchev–Trinajstić information content (AvgIpc) is 3.15. The van der Waals surface area contributed by atoms with Crippen LogP contribution in [0.1, 0.15) is 35.7 Å². The summed E-state index contributed by atoms with van der Waals surface area (Å²) in [5.74, 6) is -0.846. The van der Waals surface area contributed by atoms with Gasteiger partial charge in [0.05, 0.1) is 19.9 Å². The molecule has 3 aromatic carbocycles. The number of methoxy groups -OCH3 is 2. The number of carbonyl (C=O) groups is 3. The van der Waals surface area contributed by atoms with Gasteiger partial charge in [0.25, 0.3) is 17.7 Å². The van der Waals surface area contributed by atoms with Gasteiger partial charge < -0.3 is 20.1 Å². The number of anilines is 3. The lowest BCUT2D eigenvalue weighted by atomic mass is 10.1. The Morgan fingerprint density at radius 1 is 0.895 bits per heavy atom. The van der Waals surface area contributed by atoms with Crippen molar-refractivity contribution < 1.29 is 23.9 Å². The molecule has 8 nitrogen and oxygen atoms in total. The summed E-state index contributed by atoms with van der Waals surface area (Å²) < 4.78 is 10.5. The van der Waals surface area contributed by atoms with E-state index in [1.54, 1.807) is 36.4 Å². The van der Waals surface area contributed by atoms with Crippen molar-refractivity contribution in [1.29, 1.82) is 0 Å². The predicted molar refractivity (Wildman–Crippen MR) is 148 cm³/mol. The lowest BCUT2D eigenvalue weighted by molar-refractivity contribution is -0.120. The number of unbranched alkanes of at least 4 members (excludes halogenated alkanes) is 1. The van der Waals surface area contributed by atoms with Crippen LogP contribution in [0.5, 0.6) is 11.5 Å². The van der Waals surface area contributed by atoms with Crippen molar-refractivity contribution in [3.8, 4) is 11.5 Å². The van der Waals surface area contributed by atoms with E-state index in [0.717, 1.165) is 24.2 Å². The highest BCUT2D eigenvalue weighted by atomic mass is 35.5. The second kappa shape index (κ2) is 11.8. The zero-order valence-electron chi connectivity index (χ0n) is 21.3. The van der Waals surface area contributed by atoms with Crippen molar-refractivity contribution in [1.82, 2.24) is 0 Å². The number of nitrogens with one attached hydrogen (secondary N) is 2. The first-order chi connectivity index (χ1) is 18.4. The summed E-state index contributed by atoms with van der Waals surface area (Å²) in [6, 6.07) is 19.1. The normalized spacial score (nSPS) is 13.1. The Hall–Kier alpha value is -4.30. The second-order valence-corrected chi connectivity index (χ2v) is 9.01. The van der Waals surface area contributed by atoms with Crippen LogP contribution in [0, 0.1) is 0 Å². The summed E-state index contributed by atoms with van der Waals surface area (Å²) >= 11 is 6.27. The van der Waals surface area contributed by atoms with Crippen LogP contribution in [0.2, 0.25) is 0 Å². The van der Waals surface area contributed by atoms with Crippen LogP contribution in [0.15, 0.2) is 77.5 Å². The fourth-order valence-corrected chi connectivity index (χ4v) is 4.20. The molecule has 0 aromatic heterocycles. The van der Waals surface area contributed by atoms with E-state index in [9.17, 15) is 14.4 Å². The minimum Gasteiger partial charge on any atom is -0.497 e. The second-order valence-electron chi connectivity index (χ2n) is 8.63. The van der Waals surface area contributed by atoms with Gasteiger partial charge in [0.1, 0.15) is 22.2 Å². The summed E-state index contributed by atoms with van der Waals surface area (Å²) in [5, 5.41) is 5.53. The van der Waals surface area contributed by atoms with Gasteiger partial charge in [-0.05, 0) is 66.9 Å². The molecule has 0 bridgehead atoms. The molecule has 1 heterocycles. The van der Waals surface area contributed by atoms with E-state index in [0.29, 0.717) is 28.4 Å². The van der Waals surface area contributed by atoms with Crippen molar-refractivity contribution in [2.75, 3.05) is 29.8 Å². The van der Waals surface area contributed by atoms with Crippen LogP contribution < -0.4 is 25.0 Å². The molecule has 196 valence electrons. The number of ether oxygens (including phenoxy) is 2. The molecule has 3 amide bonds. The molecule has 0 atom stereocenters. The minimum absolute atomic E-state index is 0.0816. The third-order valence-electron chi connectivity index (χ3n) is 6.10. The third kappa shape index (κ3) is 5.65. The van der Waals surface area contributed by atoms with E-state index >= 15 is 0 Å². The number of imide groups is 1. The Labute approximate surface area is 226 Å². The van der Waals surface area contributed by atoms with E-state index in [-0.39, 0.29) is 22.3 Å². The SMILES string of the molecule is CCCCc1ccc(NC(=O)c2ccc(NC3=C(Cl)C(=O)N(c4cc(OC)ccc4OC)C3=O)cc2)cc1. The predicted octanol–water partition coefficient (Wildman–Crippen LogP) is 5.73. The van der Waals surface area contributed by atoms with E-state index in [2.05, 4.69) is 17.6 Å². The molecule has 9 heteroatoms. The number of rotatable bonds is 10. The summed E-state index contributed by atoms with van der Waals surface area (Å²) in [6.07, 6.45) is 3.27. The fraction of sp³-hybridized carbons (Fsp3) is 0.207. The summed E-state index contributed by atoms with van der Waals surface area (Å²) in [5.41, 5.74) is 2.98. The zero-order valence-corrected chi connectivity index (χ0v) is 22.1. The number of hydrogen-bond donors (Lipinski definition) is 2. The third-order valence-corrected chi connectivity index (χ3v) is 6.45. The van der Waals surface area contributed by atoms with Gasteiger partial charge in [0.2, 0.25) is 0 Å². The van der Waals surface area contributed by atoms with E-state index in [1.165, 1.54) is 25.8 Å². The highest BCUT2D eigenvalue weighted by Gasteiger charge is 2.40. The molecular formula is C29H28ClN3O5. The van der Waals surface area contributed by atoms with Gasteiger partial charge in [-0.3, -0.25) is 14.4 Å². The van der Waals surface area contributed by atoms with Gasteiger partial charge in [-0.1, -0.05) is 37.1 Å². The first-order valence-corrected chi connectivity index (χ1v) is 12.5. The first-order valence-electron chi connectivity index (χ1n) is 12.1. The molecule has 0 radical (unpaired) electrons. The van der Waals surface area contributed by atoms with Crippen molar-refractivity contribution in [2.24, 2.45) is 0 Å². The molecule has 4 rings (SSSR count). The number of amides is 3. The van der Waals surface area contributed by atoms with E-state index in [1.807, 2.05) is 24.3 Å². The Morgan fingerprint density at radius 3 is 2.21 bits per heavy atom. The maximum atomic E-state index is 13.2. The highest BCUT2D eigenvalue weighted by molar-refractivity contribution is 6.53. The summed E-state index contributed by atoms with van der Waals surface area (Å²) in [4.78, 5) is 39.7. The van der Waals surface area contributed by atoms with Crippen LogP contribution in [0.4, 0.5) is 17.1 Å². The quantitative estimate of drug-likeness (QED) is 0.323. The average molecular weight is 534 g/mol. The van der Waals surface area contributed by atoms with Crippen LogP contribution in [-0.2, 0) is 16.0 Å². The minimum atomic E-state index is -0.692. The van der Waals surface area contributed by atoms with Gasteiger partial charge in [0.15, 0.2) is 0 Å². The molecule has 1 aliphatic rings. The number of halogens is 1. The first kappa shape index (κ1) is 26.8. The van der Waals surface area contributed by atoms with Crippen LogP contribution in [-0.4, -0.2) is 31.9 Å². The molecule has 1 aliphatic heterocycles. The van der Waals surface area contributed by atoms with Crippen molar-refractivity contribution >= 4 is 46.4 Å². The Bertz CT molecular complexity index is 1380. The Balaban J connectivity index is 1.45. The lowest BCUT2D eigenvalue weighted by Gasteiger charge is -2.19. The van der Waals surface area contributed by atoms with Gasteiger partial charge >= 0.3 is 0 Å². The topological polar surface area (TPSA) is 97.0 Å². The number of benzene rings is 3. The molecule has 0 fully saturated rings. The van der Waals surface area contributed by atoms with E-state index < -0.39 is 11.8 Å². The highest BCUT2D eigenvalue weighted by Crippen LogP contribution is 2.38. The molecule has 0 saturated carbocycles.